The first kappa shape index (κ1) is 40.9. The predicted octanol–water partition coefficient (Wildman–Crippen LogP) is 17.8. The van der Waals surface area contributed by atoms with Crippen LogP contribution in [0.4, 0.5) is 34.1 Å². The lowest BCUT2D eigenvalue weighted by atomic mass is 9.84. The van der Waals surface area contributed by atoms with E-state index in [1.807, 2.05) is 12.1 Å². The predicted molar refractivity (Wildman–Crippen MR) is 289 cm³/mol. The maximum atomic E-state index is 5.61. The van der Waals surface area contributed by atoms with Crippen LogP contribution in [0.1, 0.15) is 11.1 Å². The molecule has 12 rings (SSSR count). The lowest BCUT2D eigenvalue weighted by Crippen LogP contribution is -2.12. The van der Waals surface area contributed by atoms with Crippen molar-refractivity contribution in [3.63, 3.8) is 0 Å². The highest BCUT2D eigenvalue weighted by Gasteiger charge is 2.27. The van der Waals surface area contributed by atoms with Gasteiger partial charge >= 0.3 is 0 Å². The second kappa shape index (κ2) is 16.7. The average Bonchev–Trinajstić information content (AvgIpc) is 3.39. The number of benzene rings is 12. The Morgan fingerprint density at radius 1 is 0.279 bits per heavy atom. The molecule has 0 saturated carbocycles. The number of rotatable bonds is 9. The summed E-state index contributed by atoms with van der Waals surface area (Å²) in [5, 5.41) is 14.0. The molecule has 12 aromatic carbocycles. The summed E-state index contributed by atoms with van der Waals surface area (Å²) in [5.74, 6) is 1.69. The Kier molecular flexibility index (Phi) is 10.0. The Morgan fingerprint density at radius 3 is 0.882 bits per heavy atom. The molecule has 0 heterocycles. The zero-order valence-electron chi connectivity index (χ0n) is 38.5. The van der Waals surface area contributed by atoms with Crippen LogP contribution in [0.2, 0.25) is 0 Å². The van der Waals surface area contributed by atoms with E-state index < -0.39 is 0 Å². The molecule has 0 atom stereocenters. The van der Waals surface area contributed by atoms with E-state index in [4.69, 9.17) is 9.47 Å². The van der Waals surface area contributed by atoms with Crippen LogP contribution in [0.5, 0.6) is 11.5 Å². The van der Waals surface area contributed by atoms with Crippen LogP contribution < -0.4 is 19.3 Å². The minimum absolute atomic E-state index is 0.846. The third-order valence-corrected chi connectivity index (χ3v) is 13.7. The van der Waals surface area contributed by atoms with Crippen LogP contribution in [-0.2, 0) is 0 Å². The Morgan fingerprint density at radius 2 is 0.559 bits per heavy atom. The van der Waals surface area contributed by atoms with E-state index in [1.54, 1.807) is 14.2 Å². The summed E-state index contributed by atoms with van der Waals surface area (Å²) in [7, 11) is 3.44. The van der Waals surface area contributed by atoms with Crippen molar-refractivity contribution in [2.75, 3.05) is 24.0 Å². The van der Waals surface area contributed by atoms with E-state index in [-0.39, 0.29) is 0 Å². The molecule has 0 amide bonds. The summed E-state index contributed by atoms with van der Waals surface area (Å²) in [4.78, 5) is 4.91. The fourth-order valence-electron chi connectivity index (χ4n) is 10.4. The molecule has 0 saturated heterocycles. The van der Waals surface area contributed by atoms with Crippen molar-refractivity contribution in [3.05, 3.63) is 230 Å². The molecule has 0 unspecified atom stereocenters. The van der Waals surface area contributed by atoms with Gasteiger partial charge in [-0.3, -0.25) is 0 Å². The zero-order valence-corrected chi connectivity index (χ0v) is 38.5. The van der Waals surface area contributed by atoms with Crippen LogP contribution in [0.25, 0.3) is 75.8 Å². The van der Waals surface area contributed by atoms with E-state index in [0.717, 1.165) is 67.2 Å². The molecule has 4 nitrogen and oxygen atoms in total. The normalized spacial score (nSPS) is 11.5. The van der Waals surface area contributed by atoms with Crippen molar-refractivity contribution in [3.8, 4) is 22.6 Å². The van der Waals surface area contributed by atoms with Crippen molar-refractivity contribution in [1.82, 2.24) is 0 Å². The van der Waals surface area contributed by atoms with E-state index in [9.17, 15) is 0 Å². The first-order chi connectivity index (χ1) is 33.4. The average molecular weight is 877 g/mol. The molecule has 0 aliphatic rings. The van der Waals surface area contributed by atoms with Crippen LogP contribution in [-0.4, -0.2) is 14.2 Å². The summed E-state index contributed by atoms with van der Waals surface area (Å²) in [6.45, 7) is 4.30. The number of nitrogens with zero attached hydrogens (tertiary/aromatic N) is 2. The van der Waals surface area contributed by atoms with E-state index >= 15 is 0 Å². The lowest BCUT2D eigenvalue weighted by Gasteiger charge is -2.31. The maximum Gasteiger partial charge on any atom is 0.119 e. The van der Waals surface area contributed by atoms with Gasteiger partial charge in [-0.15, -0.1) is 0 Å². The second-order valence-corrected chi connectivity index (χ2v) is 17.8. The van der Waals surface area contributed by atoms with Gasteiger partial charge in [0.1, 0.15) is 11.5 Å². The molecular weight excluding hydrogens is 829 g/mol. The van der Waals surface area contributed by atoms with Crippen molar-refractivity contribution < 1.29 is 9.47 Å². The van der Waals surface area contributed by atoms with Gasteiger partial charge in [0.15, 0.2) is 0 Å². The van der Waals surface area contributed by atoms with Crippen molar-refractivity contribution in [2.24, 2.45) is 0 Å². The molecule has 0 N–H and O–H groups in total. The number of hydrogen-bond donors (Lipinski definition) is 0. The quantitative estimate of drug-likeness (QED) is 0.135. The van der Waals surface area contributed by atoms with E-state index in [0.29, 0.717) is 0 Å². The first-order valence-corrected chi connectivity index (χ1v) is 23.2. The summed E-state index contributed by atoms with van der Waals surface area (Å²) in [6, 6.07) is 80.0. The minimum atomic E-state index is 0.846. The number of ether oxygens (including phenoxy) is 2. The summed E-state index contributed by atoms with van der Waals surface area (Å²) in [6.07, 6.45) is 0. The van der Waals surface area contributed by atoms with Gasteiger partial charge in [-0.2, -0.15) is 0 Å². The molecule has 0 aliphatic carbocycles. The van der Waals surface area contributed by atoms with Gasteiger partial charge in [-0.1, -0.05) is 157 Å². The van der Waals surface area contributed by atoms with Gasteiger partial charge in [-0.25, -0.2) is 0 Å². The van der Waals surface area contributed by atoms with E-state index in [2.05, 4.69) is 230 Å². The zero-order chi connectivity index (χ0) is 45.9. The van der Waals surface area contributed by atoms with Gasteiger partial charge in [-0.05, 0) is 141 Å². The van der Waals surface area contributed by atoms with Crippen molar-refractivity contribution in [2.45, 2.75) is 13.8 Å². The monoisotopic (exact) mass is 876 g/mol. The third kappa shape index (κ3) is 6.84. The fourth-order valence-corrected chi connectivity index (χ4v) is 10.4. The molecule has 0 bridgehead atoms. The summed E-state index contributed by atoms with van der Waals surface area (Å²) < 4.78 is 11.2. The number of hydrogen-bond acceptors (Lipinski definition) is 4. The Labute approximate surface area is 396 Å². The van der Waals surface area contributed by atoms with Crippen molar-refractivity contribution in [1.29, 1.82) is 0 Å². The molecule has 68 heavy (non-hydrogen) atoms. The highest BCUT2D eigenvalue weighted by molar-refractivity contribution is 6.30. The van der Waals surface area contributed by atoms with Crippen LogP contribution in [0.3, 0.4) is 0 Å². The summed E-state index contributed by atoms with van der Waals surface area (Å²) in [5.41, 5.74) is 11.5. The van der Waals surface area contributed by atoms with Crippen molar-refractivity contribution >= 4 is 98.8 Å². The van der Waals surface area contributed by atoms with Crippen LogP contribution in [0.15, 0.2) is 218 Å². The molecule has 4 heteroatoms. The molecular formula is C64H48N2O2. The lowest BCUT2D eigenvalue weighted by molar-refractivity contribution is 0.415. The molecule has 0 aliphatic heterocycles. The second-order valence-electron chi connectivity index (χ2n) is 17.8. The van der Waals surface area contributed by atoms with Gasteiger partial charge < -0.3 is 19.3 Å². The summed E-state index contributed by atoms with van der Waals surface area (Å²) >= 11 is 0. The molecule has 326 valence electrons. The highest BCUT2D eigenvalue weighted by atomic mass is 16.5. The minimum Gasteiger partial charge on any atom is -0.497 e. The Hall–Kier alpha value is -8.60. The Balaban J connectivity index is 1.16. The Bertz CT molecular complexity index is 3540. The number of aryl methyl sites for hydroxylation is 2. The van der Waals surface area contributed by atoms with Gasteiger partial charge in [0, 0.05) is 44.3 Å². The van der Waals surface area contributed by atoms with Gasteiger partial charge in [0.2, 0.25) is 0 Å². The smallest absolute Gasteiger partial charge is 0.119 e. The van der Waals surface area contributed by atoms with E-state index in [1.165, 1.54) is 65.3 Å². The first-order valence-electron chi connectivity index (χ1n) is 23.2. The number of methoxy groups -OCH3 is 2. The molecule has 0 aromatic heterocycles. The van der Waals surface area contributed by atoms with Crippen LogP contribution in [0, 0.1) is 13.8 Å². The van der Waals surface area contributed by atoms with Gasteiger partial charge in [0.25, 0.3) is 0 Å². The number of anilines is 6. The molecule has 0 radical (unpaired) electrons. The topological polar surface area (TPSA) is 24.9 Å². The van der Waals surface area contributed by atoms with Crippen LogP contribution >= 0.6 is 0 Å². The largest absolute Gasteiger partial charge is 0.497 e. The maximum absolute atomic E-state index is 5.61. The SMILES string of the molecule is COc1ccc2cc(N(c3ccc(C)cc3)c3c4ccccc4c(-c4c5ccccc5c(N(c5ccc(C)cc5)c5ccc6cc(OC)ccc6c5)c5ccccc45)c4ccccc34)ccc2c1. The highest BCUT2D eigenvalue weighted by Crippen LogP contribution is 2.54. The third-order valence-electron chi connectivity index (χ3n) is 13.7. The molecule has 0 fully saturated rings. The van der Waals surface area contributed by atoms with Gasteiger partial charge in [0.05, 0.1) is 25.6 Å². The standard InChI is InChI=1S/C64H48N2O2/c1-41-21-29-47(30-22-41)65(49-33-25-45-39-51(67-3)35-27-43(45)37-49)63-57-17-9-5-13-53(57)61(54-14-6-10-18-58(54)63)62-55-15-7-11-19-59(55)64(60-20-12-8-16-56(60)62)66(48-31-23-42(2)24-32-48)50-34-26-46-40-52(68-4)36-28-44(46)38-50/h5-40H,1-4H3. The number of fused-ring (bicyclic) bond motifs is 6. The molecule has 0 spiro atoms. The fraction of sp³-hybridized carbons (Fsp3) is 0.0625. The molecule has 12 aromatic rings.